The second-order valence-electron chi connectivity index (χ2n) is 6.63. The summed E-state index contributed by atoms with van der Waals surface area (Å²) in [6.45, 7) is 0.690. The van der Waals surface area contributed by atoms with Gasteiger partial charge in [0, 0.05) is 17.5 Å². The summed E-state index contributed by atoms with van der Waals surface area (Å²) in [6, 6.07) is 24.1. The fourth-order valence-electron chi connectivity index (χ4n) is 3.59. The molecule has 1 N–H and O–H groups in total. The van der Waals surface area contributed by atoms with Crippen LogP contribution in [0.1, 0.15) is 22.6 Å². The van der Waals surface area contributed by atoms with Crippen molar-refractivity contribution in [3.05, 3.63) is 101 Å². The Bertz CT molecular complexity index is 983. The quantitative estimate of drug-likeness (QED) is 0.590. The van der Waals surface area contributed by atoms with Crippen LogP contribution >= 0.6 is 11.6 Å². The van der Waals surface area contributed by atoms with Crippen molar-refractivity contribution < 1.29 is 9.53 Å². The van der Waals surface area contributed by atoms with Gasteiger partial charge in [-0.25, -0.2) is 4.79 Å². The molecule has 3 aromatic rings. The van der Waals surface area contributed by atoms with E-state index in [1.54, 1.807) is 0 Å². The maximum Gasteiger partial charge on any atom is 0.407 e. The van der Waals surface area contributed by atoms with Gasteiger partial charge in [0.2, 0.25) is 0 Å². The standard InChI is InChI=1S/C24H20ClNO2/c25-23-14-6-1-8-17(23)9-7-15-26-24(27)28-16-22-20-12-4-2-10-18(20)19-11-3-5-13-21(19)22/h1-14,22H,15-16H2,(H,26,27). The van der Waals surface area contributed by atoms with Crippen molar-refractivity contribution in [1.82, 2.24) is 5.32 Å². The third-order valence-electron chi connectivity index (χ3n) is 4.91. The molecule has 3 nitrogen and oxygen atoms in total. The molecule has 0 fully saturated rings. The molecule has 0 saturated heterocycles. The maximum absolute atomic E-state index is 12.1. The van der Waals surface area contributed by atoms with E-state index < -0.39 is 6.09 Å². The molecular weight excluding hydrogens is 370 g/mol. The SMILES string of the molecule is O=C(NCC=Cc1ccccc1Cl)OCC1c2ccccc2-c2ccccc21. The number of hydrogen-bond donors (Lipinski definition) is 1. The number of benzene rings is 3. The summed E-state index contributed by atoms with van der Waals surface area (Å²) in [5, 5.41) is 3.43. The van der Waals surface area contributed by atoms with E-state index in [1.807, 2.05) is 60.7 Å². The number of alkyl carbamates (subject to hydrolysis) is 1. The van der Waals surface area contributed by atoms with Crippen molar-refractivity contribution in [2.75, 3.05) is 13.2 Å². The van der Waals surface area contributed by atoms with E-state index in [0.717, 1.165) is 5.56 Å². The second kappa shape index (κ2) is 8.32. The highest BCUT2D eigenvalue weighted by atomic mass is 35.5. The minimum absolute atomic E-state index is 0.0665. The second-order valence-corrected chi connectivity index (χ2v) is 7.04. The van der Waals surface area contributed by atoms with Gasteiger partial charge in [0.15, 0.2) is 0 Å². The van der Waals surface area contributed by atoms with Crippen LogP contribution in [0.25, 0.3) is 17.2 Å². The summed E-state index contributed by atoms with van der Waals surface area (Å²) in [5.41, 5.74) is 5.76. The smallest absolute Gasteiger partial charge is 0.407 e. The van der Waals surface area contributed by atoms with Crippen LogP contribution in [0.4, 0.5) is 4.79 Å². The normalized spacial score (nSPS) is 12.6. The average molecular weight is 390 g/mol. The summed E-state index contributed by atoms with van der Waals surface area (Å²) in [5.74, 6) is 0.0665. The minimum Gasteiger partial charge on any atom is -0.449 e. The summed E-state index contributed by atoms with van der Waals surface area (Å²) in [4.78, 5) is 12.1. The molecule has 0 radical (unpaired) electrons. The summed E-state index contributed by atoms with van der Waals surface area (Å²) in [6.07, 6.45) is 3.31. The first-order chi connectivity index (χ1) is 13.7. The van der Waals surface area contributed by atoms with E-state index in [-0.39, 0.29) is 5.92 Å². The fraction of sp³-hybridized carbons (Fsp3) is 0.125. The van der Waals surface area contributed by atoms with Gasteiger partial charge < -0.3 is 10.1 Å². The highest BCUT2D eigenvalue weighted by Gasteiger charge is 2.28. The highest BCUT2D eigenvalue weighted by Crippen LogP contribution is 2.44. The largest absolute Gasteiger partial charge is 0.449 e. The number of carbonyl (C=O) groups is 1. The highest BCUT2D eigenvalue weighted by molar-refractivity contribution is 6.32. The van der Waals surface area contributed by atoms with Gasteiger partial charge in [-0.1, -0.05) is 90.5 Å². The van der Waals surface area contributed by atoms with Crippen LogP contribution in [0, 0.1) is 0 Å². The van der Waals surface area contributed by atoms with Crippen molar-refractivity contribution in [1.29, 1.82) is 0 Å². The third-order valence-corrected chi connectivity index (χ3v) is 5.25. The molecule has 0 saturated carbocycles. The first-order valence-electron chi connectivity index (χ1n) is 9.24. The number of nitrogens with one attached hydrogen (secondary N) is 1. The molecule has 4 heteroatoms. The van der Waals surface area contributed by atoms with Crippen LogP contribution in [0.5, 0.6) is 0 Å². The topological polar surface area (TPSA) is 38.3 Å². The predicted molar refractivity (Wildman–Crippen MR) is 114 cm³/mol. The Kier molecular flexibility index (Phi) is 5.45. The number of ether oxygens (including phenoxy) is 1. The molecule has 1 aliphatic carbocycles. The van der Waals surface area contributed by atoms with Crippen LogP contribution in [0.15, 0.2) is 78.9 Å². The molecule has 1 aliphatic rings. The minimum atomic E-state index is -0.425. The Labute approximate surface area is 169 Å². The van der Waals surface area contributed by atoms with Crippen molar-refractivity contribution >= 4 is 23.8 Å². The first-order valence-corrected chi connectivity index (χ1v) is 9.62. The zero-order valence-electron chi connectivity index (χ0n) is 15.3. The van der Waals surface area contributed by atoms with Crippen LogP contribution < -0.4 is 5.32 Å². The van der Waals surface area contributed by atoms with Gasteiger partial charge in [-0.2, -0.15) is 0 Å². The van der Waals surface area contributed by atoms with Gasteiger partial charge in [-0.3, -0.25) is 0 Å². The lowest BCUT2D eigenvalue weighted by molar-refractivity contribution is 0.144. The molecule has 3 aromatic carbocycles. The number of hydrogen-bond acceptors (Lipinski definition) is 2. The molecule has 0 aliphatic heterocycles. The Balaban J connectivity index is 1.35. The molecule has 28 heavy (non-hydrogen) atoms. The molecule has 1 amide bonds. The Hall–Kier alpha value is -3.04. The van der Waals surface area contributed by atoms with Gasteiger partial charge in [0.25, 0.3) is 0 Å². The van der Waals surface area contributed by atoms with E-state index in [2.05, 4.69) is 29.6 Å². The van der Waals surface area contributed by atoms with Crippen molar-refractivity contribution in [3.8, 4) is 11.1 Å². The monoisotopic (exact) mass is 389 g/mol. The first kappa shape index (κ1) is 18.3. The van der Waals surface area contributed by atoms with Gasteiger partial charge >= 0.3 is 6.09 Å². The summed E-state index contributed by atoms with van der Waals surface area (Å²) < 4.78 is 5.51. The van der Waals surface area contributed by atoms with E-state index in [9.17, 15) is 4.79 Å². The van der Waals surface area contributed by atoms with Crippen LogP contribution in [-0.4, -0.2) is 19.2 Å². The number of halogens is 1. The summed E-state index contributed by atoms with van der Waals surface area (Å²) >= 11 is 6.11. The van der Waals surface area contributed by atoms with Crippen molar-refractivity contribution in [2.24, 2.45) is 0 Å². The van der Waals surface area contributed by atoms with Gasteiger partial charge in [-0.15, -0.1) is 0 Å². The number of rotatable bonds is 5. The van der Waals surface area contributed by atoms with Crippen LogP contribution in [0.2, 0.25) is 5.02 Å². The molecule has 0 atom stereocenters. The number of carbonyl (C=O) groups excluding carboxylic acids is 1. The van der Waals surface area contributed by atoms with Crippen LogP contribution in [0.3, 0.4) is 0 Å². The molecule has 0 aromatic heterocycles. The zero-order valence-corrected chi connectivity index (χ0v) is 16.0. The Morgan fingerprint density at radius 3 is 2.21 bits per heavy atom. The zero-order chi connectivity index (χ0) is 19.3. The lowest BCUT2D eigenvalue weighted by Gasteiger charge is -2.14. The maximum atomic E-state index is 12.1. The molecular formula is C24H20ClNO2. The molecule has 0 unspecified atom stereocenters. The lowest BCUT2D eigenvalue weighted by atomic mass is 9.98. The molecule has 0 heterocycles. The lowest BCUT2D eigenvalue weighted by Crippen LogP contribution is -2.26. The van der Waals surface area contributed by atoms with Crippen molar-refractivity contribution in [2.45, 2.75) is 5.92 Å². The number of amides is 1. The fourth-order valence-corrected chi connectivity index (χ4v) is 3.79. The third kappa shape index (κ3) is 3.80. The number of fused-ring (bicyclic) bond motifs is 3. The Morgan fingerprint density at radius 1 is 0.929 bits per heavy atom. The van der Waals surface area contributed by atoms with E-state index in [4.69, 9.17) is 16.3 Å². The Morgan fingerprint density at radius 2 is 1.54 bits per heavy atom. The molecule has 4 rings (SSSR count). The van der Waals surface area contributed by atoms with E-state index in [1.165, 1.54) is 22.3 Å². The molecule has 0 spiro atoms. The molecule has 0 bridgehead atoms. The van der Waals surface area contributed by atoms with Gasteiger partial charge in [0.1, 0.15) is 6.61 Å². The van der Waals surface area contributed by atoms with Crippen molar-refractivity contribution in [3.63, 3.8) is 0 Å². The summed E-state index contributed by atoms with van der Waals surface area (Å²) in [7, 11) is 0. The molecule has 140 valence electrons. The average Bonchev–Trinajstić information content (AvgIpc) is 3.05. The van der Waals surface area contributed by atoms with Gasteiger partial charge in [-0.05, 0) is 33.9 Å². The van der Waals surface area contributed by atoms with Crippen LogP contribution in [-0.2, 0) is 4.74 Å². The van der Waals surface area contributed by atoms with E-state index >= 15 is 0 Å². The van der Waals surface area contributed by atoms with Gasteiger partial charge in [0.05, 0.1) is 0 Å². The van der Waals surface area contributed by atoms with E-state index in [0.29, 0.717) is 18.2 Å². The predicted octanol–water partition coefficient (Wildman–Crippen LogP) is 5.89.